The minimum absolute atomic E-state index is 0.185. The number of hydrogen-bond acceptors (Lipinski definition) is 3. The van der Waals surface area contributed by atoms with Crippen molar-refractivity contribution in [2.45, 2.75) is 0 Å². The molecule has 0 bridgehead atoms. The molecule has 5 heteroatoms. The van der Waals surface area contributed by atoms with E-state index in [9.17, 15) is 4.79 Å². The fourth-order valence-corrected chi connectivity index (χ4v) is 0.368. The van der Waals surface area contributed by atoms with Gasteiger partial charge in [-0.15, -0.1) is 0 Å². The normalized spacial score (nSPS) is 9.00. The van der Waals surface area contributed by atoms with Crippen LogP contribution in [-0.4, -0.2) is 47.3 Å². The number of H-pyrrole nitrogens is 1. The summed E-state index contributed by atoms with van der Waals surface area (Å²) in [6.07, 6.45) is 2.57. The standard InChI is InChI=1S/C4H4N2O2.C3H9N/c7-4(8)3-1-5-6-2-3;1-4(2)3/h1-2H,(H,5,6)(H,7,8);1-3H3. The first-order valence-corrected chi connectivity index (χ1v) is 3.37. The van der Waals surface area contributed by atoms with Crippen LogP contribution in [-0.2, 0) is 0 Å². The fraction of sp³-hybridized carbons (Fsp3) is 0.429. The molecule has 0 aromatic carbocycles. The molecular weight excluding hydrogens is 158 g/mol. The summed E-state index contributed by atoms with van der Waals surface area (Å²) in [7, 11) is 6.00. The van der Waals surface area contributed by atoms with Crippen LogP contribution in [0, 0.1) is 0 Å². The highest BCUT2D eigenvalue weighted by Gasteiger charge is 1.99. The van der Waals surface area contributed by atoms with E-state index in [1.54, 1.807) is 0 Å². The van der Waals surface area contributed by atoms with Gasteiger partial charge in [0, 0.05) is 6.20 Å². The summed E-state index contributed by atoms with van der Waals surface area (Å²) >= 11 is 0. The lowest BCUT2D eigenvalue weighted by Crippen LogP contribution is -1.99. The Morgan fingerprint density at radius 1 is 1.58 bits per heavy atom. The van der Waals surface area contributed by atoms with E-state index in [0.717, 1.165) is 0 Å². The molecule has 68 valence electrons. The maximum Gasteiger partial charge on any atom is 0.338 e. The maximum atomic E-state index is 10.0. The van der Waals surface area contributed by atoms with Gasteiger partial charge >= 0.3 is 5.97 Å². The molecule has 0 saturated carbocycles. The molecule has 0 spiro atoms. The average Bonchev–Trinajstić information content (AvgIpc) is 2.34. The monoisotopic (exact) mass is 171 g/mol. The highest BCUT2D eigenvalue weighted by molar-refractivity contribution is 5.86. The van der Waals surface area contributed by atoms with Gasteiger partial charge in [-0.25, -0.2) is 4.79 Å². The topological polar surface area (TPSA) is 69.2 Å². The molecule has 0 saturated heterocycles. The first kappa shape index (κ1) is 10.6. The second-order valence-electron chi connectivity index (χ2n) is 2.63. The largest absolute Gasteiger partial charge is 0.478 e. The lowest BCUT2D eigenvalue weighted by Gasteiger charge is -1.90. The smallest absolute Gasteiger partial charge is 0.338 e. The predicted octanol–water partition coefficient (Wildman–Crippen LogP) is 0.286. The number of carboxylic acid groups (broad SMARTS) is 1. The van der Waals surface area contributed by atoms with Crippen LogP contribution in [0.2, 0.25) is 0 Å². The molecule has 5 nitrogen and oxygen atoms in total. The highest BCUT2D eigenvalue weighted by atomic mass is 16.4. The number of aromatic nitrogens is 2. The summed E-state index contributed by atoms with van der Waals surface area (Å²) in [6, 6.07) is 0. The molecule has 0 aliphatic carbocycles. The molecule has 1 aromatic rings. The Hall–Kier alpha value is -1.36. The summed E-state index contributed by atoms with van der Waals surface area (Å²) in [4.78, 5) is 12.0. The molecule has 0 aliphatic heterocycles. The van der Waals surface area contributed by atoms with Gasteiger partial charge in [-0.1, -0.05) is 0 Å². The first-order chi connectivity index (χ1) is 5.54. The Balaban J connectivity index is 0.000000261. The van der Waals surface area contributed by atoms with Crippen molar-refractivity contribution in [3.8, 4) is 0 Å². The summed E-state index contributed by atoms with van der Waals surface area (Å²) < 4.78 is 0. The van der Waals surface area contributed by atoms with Crippen LogP contribution in [0.4, 0.5) is 0 Å². The molecular formula is C7H13N3O2. The lowest BCUT2D eigenvalue weighted by atomic mass is 10.4. The zero-order valence-corrected chi connectivity index (χ0v) is 7.40. The van der Waals surface area contributed by atoms with E-state index in [1.165, 1.54) is 12.4 Å². The van der Waals surface area contributed by atoms with E-state index >= 15 is 0 Å². The van der Waals surface area contributed by atoms with E-state index in [-0.39, 0.29) is 5.56 Å². The number of nitrogens with one attached hydrogen (secondary N) is 1. The molecule has 0 atom stereocenters. The van der Waals surface area contributed by atoms with Crippen molar-refractivity contribution in [1.29, 1.82) is 0 Å². The number of carboxylic acids is 1. The number of carbonyl (C=O) groups is 1. The molecule has 1 rings (SSSR count). The van der Waals surface area contributed by atoms with E-state index < -0.39 is 5.97 Å². The van der Waals surface area contributed by atoms with E-state index in [4.69, 9.17) is 5.11 Å². The van der Waals surface area contributed by atoms with E-state index in [0.29, 0.717) is 0 Å². The quantitative estimate of drug-likeness (QED) is 0.637. The SMILES string of the molecule is CN(C)C.O=C(O)c1cn[nH]c1. The summed E-state index contributed by atoms with van der Waals surface area (Å²) in [5, 5.41) is 14.0. The van der Waals surface area contributed by atoms with Gasteiger partial charge < -0.3 is 10.0 Å². The van der Waals surface area contributed by atoms with Crippen LogP contribution in [0.25, 0.3) is 0 Å². The molecule has 2 N–H and O–H groups in total. The molecule has 0 amide bonds. The Labute approximate surface area is 71.0 Å². The van der Waals surface area contributed by atoms with Crippen LogP contribution in [0.1, 0.15) is 10.4 Å². The Morgan fingerprint density at radius 3 is 2.25 bits per heavy atom. The predicted molar refractivity (Wildman–Crippen MR) is 45.2 cm³/mol. The van der Waals surface area contributed by atoms with Crippen LogP contribution in [0.15, 0.2) is 12.4 Å². The Bertz CT molecular complexity index is 216. The average molecular weight is 171 g/mol. The maximum absolute atomic E-state index is 10.0. The molecule has 12 heavy (non-hydrogen) atoms. The second-order valence-corrected chi connectivity index (χ2v) is 2.63. The Morgan fingerprint density at radius 2 is 2.08 bits per heavy atom. The molecule has 0 unspecified atom stereocenters. The van der Waals surface area contributed by atoms with E-state index in [2.05, 4.69) is 10.2 Å². The number of aromatic carboxylic acids is 1. The van der Waals surface area contributed by atoms with Gasteiger partial charge in [-0.05, 0) is 21.1 Å². The zero-order valence-electron chi connectivity index (χ0n) is 7.40. The Kier molecular flexibility index (Phi) is 4.71. The molecule has 1 aromatic heterocycles. The number of aromatic amines is 1. The van der Waals surface area contributed by atoms with Crippen molar-refractivity contribution in [1.82, 2.24) is 15.1 Å². The minimum atomic E-state index is -0.959. The van der Waals surface area contributed by atoms with Gasteiger partial charge in [0.1, 0.15) is 0 Å². The van der Waals surface area contributed by atoms with Crippen LogP contribution in [0.3, 0.4) is 0 Å². The van der Waals surface area contributed by atoms with Gasteiger partial charge in [0.15, 0.2) is 0 Å². The van der Waals surface area contributed by atoms with Crippen LogP contribution in [0.5, 0.6) is 0 Å². The van der Waals surface area contributed by atoms with Crippen molar-refractivity contribution >= 4 is 5.97 Å². The number of hydrogen-bond donors (Lipinski definition) is 2. The molecule has 0 fully saturated rings. The van der Waals surface area contributed by atoms with Gasteiger partial charge in [-0.3, -0.25) is 5.10 Å². The van der Waals surface area contributed by atoms with Crippen molar-refractivity contribution in [2.24, 2.45) is 0 Å². The second kappa shape index (κ2) is 5.31. The summed E-state index contributed by atoms with van der Waals surface area (Å²) in [5.41, 5.74) is 0.185. The van der Waals surface area contributed by atoms with Gasteiger partial charge in [-0.2, -0.15) is 5.10 Å². The summed E-state index contributed by atoms with van der Waals surface area (Å²) in [6.45, 7) is 0. The zero-order chi connectivity index (χ0) is 9.56. The van der Waals surface area contributed by atoms with Gasteiger partial charge in [0.05, 0.1) is 11.8 Å². The third kappa shape index (κ3) is 5.43. The van der Waals surface area contributed by atoms with Gasteiger partial charge in [0.25, 0.3) is 0 Å². The third-order valence-electron chi connectivity index (χ3n) is 0.745. The molecule has 0 radical (unpaired) electrons. The fourth-order valence-electron chi connectivity index (χ4n) is 0.368. The summed E-state index contributed by atoms with van der Waals surface area (Å²) in [5.74, 6) is -0.959. The van der Waals surface area contributed by atoms with Crippen molar-refractivity contribution in [3.05, 3.63) is 18.0 Å². The van der Waals surface area contributed by atoms with Crippen LogP contribution < -0.4 is 0 Å². The highest BCUT2D eigenvalue weighted by Crippen LogP contribution is 1.90. The lowest BCUT2D eigenvalue weighted by molar-refractivity contribution is 0.0697. The van der Waals surface area contributed by atoms with E-state index in [1.807, 2.05) is 26.0 Å². The van der Waals surface area contributed by atoms with Crippen molar-refractivity contribution in [3.63, 3.8) is 0 Å². The number of nitrogens with zero attached hydrogens (tertiary/aromatic N) is 2. The van der Waals surface area contributed by atoms with Crippen molar-refractivity contribution < 1.29 is 9.90 Å². The minimum Gasteiger partial charge on any atom is -0.478 e. The third-order valence-corrected chi connectivity index (χ3v) is 0.745. The molecule has 0 aliphatic rings. The van der Waals surface area contributed by atoms with Gasteiger partial charge in [0.2, 0.25) is 0 Å². The van der Waals surface area contributed by atoms with Crippen LogP contribution >= 0.6 is 0 Å². The number of rotatable bonds is 1. The molecule has 1 heterocycles. The van der Waals surface area contributed by atoms with Crippen molar-refractivity contribution in [2.75, 3.05) is 21.1 Å². The first-order valence-electron chi connectivity index (χ1n) is 3.37.